The summed E-state index contributed by atoms with van der Waals surface area (Å²) >= 11 is 0. The Morgan fingerprint density at radius 2 is 0.826 bits per heavy atom. The molecular weight excluding hydrogens is 616 g/mol. The van der Waals surface area contributed by atoms with E-state index in [2.05, 4.69) is 47.3 Å². The molecule has 258 valence electrons. The van der Waals surface area contributed by atoms with Gasteiger partial charge in [0.15, 0.2) is 0 Å². The summed E-state index contributed by atoms with van der Waals surface area (Å²) in [4.78, 5) is 84.9. The highest BCUT2D eigenvalue weighted by molar-refractivity contribution is 6.28. The SMILES string of the molecule is CCN(C)CC#CCN1CCCC1=O.CCN(C)CC#CCN1CCCC1=O.O=C(O)C(=O)O.O=C(O)C(=O)O.O=C(O)C(=O)O. The Hall–Kier alpha value is -5.20. The van der Waals surface area contributed by atoms with Gasteiger partial charge in [0, 0.05) is 25.9 Å². The van der Waals surface area contributed by atoms with Crippen molar-refractivity contribution in [2.45, 2.75) is 39.5 Å². The van der Waals surface area contributed by atoms with Crippen LogP contribution >= 0.6 is 0 Å². The van der Waals surface area contributed by atoms with E-state index in [0.29, 0.717) is 25.9 Å². The summed E-state index contributed by atoms with van der Waals surface area (Å²) in [6, 6.07) is 0. The molecule has 2 saturated heterocycles. The summed E-state index contributed by atoms with van der Waals surface area (Å²) in [7, 11) is 4.07. The van der Waals surface area contributed by atoms with Crippen LogP contribution in [0.2, 0.25) is 0 Å². The zero-order valence-electron chi connectivity index (χ0n) is 26.2. The van der Waals surface area contributed by atoms with Gasteiger partial charge >= 0.3 is 35.8 Å². The van der Waals surface area contributed by atoms with E-state index in [1.165, 1.54) is 0 Å². The molecule has 2 fully saturated rings. The number of aliphatic carboxylic acids is 6. The molecule has 0 saturated carbocycles. The Balaban J connectivity index is -0.000000537. The van der Waals surface area contributed by atoms with Crippen LogP contribution in [0.5, 0.6) is 0 Å². The van der Waals surface area contributed by atoms with Gasteiger partial charge in [0.05, 0.1) is 26.2 Å². The lowest BCUT2D eigenvalue weighted by atomic mass is 10.4. The lowest BCUT2D eigenvalue weighted by molar-refractivity contribution is -0.159. The Bertz CT molecular complexity index is 1020. The summed E-state index contributed by atoms with van der Waals surface area (Å²) in [5, 5.41) is 44.3. The molecule has 0 aromatic heterocycles. The molecule has 0 aromatic carbocycles. The summed E-state index contributed by atoms with van der Waals surface area (Å²) in [6.07, 6.45) is 3.40. The molecule has 0 aromatic rings. The highest BCUT2D eigenvalue weighted by Crippen LogP contribution is 2.08. The largest absolute Gasteiger partial charge is 0.473 e. The minimum absolute atomic E-state index is 0.253. The highest BCUT2D eigenvalue weighted by Gasteiger charge is 2.19. The van der Waals surface area contributed by atoms with E-state index in [9.17, 15) is 9.59 Å². The molecule has 18 heteroatoms. The van der Waals surface area contributed by atoms with Crippen LogP contribution in [-0.4, -0.2) is 164 Å². The molecule has 46 heavy (non-hydrogen) atoms. The number of amides is 2. The molecule has 2 heterocycles. The normalized spacial score (nSPS) is 12.6. The highest BCUT2D eigenvalue weighted by atomic mass is 16.5. The van der Waals surface area contributed by atoms with E-state index in [1.807, 2.05) is 23.9 Å². The second-order valence-corrected chi connectivity index (χ2v) is 9.04. The Morgan fingerprint density at radius 1 is 0.565 bits per heavy atom. The lowest BCUT2D eigenvalue weighted by Gasteiger charge is -2.11. The Morgan fingerprint density at radius 3 is 1.00 bits per heavy atom. The first-order valence-electron chi connectivity index (χ1n) is 13.6. The maximum absolute atomic E-state index is 11.2. The first kappa shape index (κ1) is 45.2. The van der Waals surface area contributed by atoms with Crippen molar-refractivity contribution in [2.24, 2.45) is 0 Å². The van der Waals surface area contributed by atoms with Crippen molar-refractivity contribution in [3.63, 3.8) is 0 Å². The minimum atomic E-state index is -1.82. The molecule has 2 aliphatic rings. The van der Waals surface area contributed by atoms with Crippen molar-refractivity contribution in [1.29, 1.82) is 0 Å². The quantitative estimate of drug-likeness (QED) is 0.141. The van der Waals surface area contributed by atoms with Crippen LogP contribution in [0.4, 0.5) is 0 Å². The van der Waals surface area contributed by atoms with Gasteiger partial charge in [0.25, 0.3) is 0 Å². The van der Waals surface area contributed by atoms with Gasteiger partial charge in [-0.15, -0.1) is 0 Å². The van der Waals surface area contributed by atoms with Crippen LogP contribution in [0.1, 0.15) is 39.5 Å². The van der Waals surface area contributed by atoms with Crippen molar-refractivity contribution < 1.29 is 69.0 Å². The van der Waals surface area contributed by atoms with Gasteiger partial charge in [0.2, 0.25) is 11.8 Å². The fourth-order valence-corrected chi connectivity index (χ4v) is 2.65. The summed E-state index contributed by atoms with van der Waals surface area (Å²) < 4.78 is 0. The van der Waals surface area contributed by atoms with Gasteiger partial charge in [-0.05, 0) is 40.0 Å². The molecule has 6 N–H and O–H groups in total. The van der Waals surface area contributed by atoms with E-state index in [1.54, 1.807) is 0 Å². The molecule has 0 radical (unpaired) electrons. The van der Waals surface area contributed by atoms with Crippen LogP contribution < -0.4 is 0 Å². The monoisotopic (exact) mass is 658 g/mol. The smallest absolute Gasteiger partial charge is 0.414 e. The van der Waals surface area contributed by atoms with Crippen LogP contribution in [0.3, 0.4) is 0 Å². The van der Waals surface area contributed by atoms with Gasteiger partial charge in [-0.2, -0.15) is 0 Å². The van der Waals surface area contributed by atoms with Crippen molar-refractivity contribution in [3.8, 4) is 23.7 Å². The second-order valence-electron chi connectivity index (χ2n) is 9.04. The third-order valence-corrected chi connectivity index (χ3v) is 5.46. The third kappa shape index (κ3) is 27.6. The van der Waals surface area contributed by atoms with Crippen LogP contribution in [0, 0.1) is 23.7 Å². The molecule has 18 nitrogen and oxygen atoms in total. The van der Waals surface area contributed by atoms with Crippen molar-refractivity contribution in [3.05, 3.63) is 0 Å². The minimum Gasteiger partial charge on any atom is -0.473 e. The molecule has 2 rings (SSSR count). The fraction of sp³-hybridized carbons (Fsp3) is 0.571. The Kier molecular flexibility index (Phi) is 26.9. The third-order valence-electron chi connectivity index (χ3n) is 5.46. The van der Waals surface area contributed by atoms with E-state index >= 15 is 0 Å². The molecule has 2 amide bonds. The van der Waals surface area contributed by atoms with E-state index in [0.717, 1.165) is 52.1 Å². The van der Waals surface area contributed by atoms with Crippen LogP contribution in [0.25, 0.3) is 0 Å². The molecular formula is C28H42N4O14. The molecule has 0 bridgehead atoms. The van der Waals surface area contributed by atoms with Gasteiger partial charge in [0.1, 0.15) is 0 Å². The topological polar surface area (TPSA) is 271 Å². The molecule has 0 unspecified atom stereocenters. The number of hydrogen-bond acceptors (Lipinski definition) is 10. The lowest BCUT2D eigenvalue weighted by Crippen LogP contribution is -2.25. The summed E-state index contributed by atoms with van der Waals surface area (Å²) in [5.74, 6) is 1.77. The first-order chi connectivity index (χ1) is 21.4. The van der Waals surface area contributed by atoms with E-state index in [4.69, 9.17) is 59.4 Å². The van der Waals surface area contributed by atoms with Crippen molar-refractivity contribution in [1.82, 2.24) is 19.6 Å². The van der Waals surface area contributed by atoms with Crippen LogP contribution in [-0.2, 0) is 38.4 Å². The number of rotatable bonds is 6. The number of hydrogen-bond donors (Lipinski definition) is 6. The van der Waals surface area contributed by atoms with Gasteiger partial charge in [-0.25, -0.2) is 28.8 Å². The maximum atomic E-state index is 11.2. The number of likely N-dealkylation sites (tertiary alicyclic amines) is 2. The van der Waals surface area contributed by atoms with Crippen molar-refractivity contribution >= 4 is 47.6 Å². The fourth-order valence-electron chi connectivity index (χ4n) is 2.65. The number of carbonyl (C=O) groups excluding carboxylic acids is 2. The maximum Gasteiger partial charge on any atom is 0.414 e. The Labute approximate surface area is 266 Å². The number of nitrogens with zero attached hydrogens (tertiary/aromatic N) is 4. The van der Waals surface area contributed by atoms with Gasteiger partial charge < -0.3 is 40.4 Å². The number of carboxylic acid groups (broad SMARTS) is 6. The zero-order valence-corrected chi connectivity index (χ0v) is 26.2. The average Bonchev–Trinajstić information content (AvgIpc) is 3.60. The molecule has 0 atom stereocenters. The van der Waals surface area contributed by atoms with E-state index < -0.39 is 35.8 Å². The predicted octanol–water partition coefficient (Wildman–Crippen LogP) is -1.41. The summed E-state index contributed by atoms with van der Waals surface area (Å²) in [6.45, 7) is 10.8. The van der Waals surface area contributed by atoms with Gasteiger partial charge in [-0.1, -0.05) is 37.5 Å². The first-order valence-corrected chi connectivity index (χ1v) is 13.6. The molecule has 0 aliphatic carbocycles. The number of carboxylic acids is 6. The van der Waals surface area contributed by atoms with E-state index in [-0.39, 0.29) is 11.8 Å². The average molecular weight is 659 g/mol. The summed E-state index contributed by atoms with van der Waals surface area (Å²) in [5.41, 5.74) is 0. The van der Waals surface area contributed by atoms with Crippen molar-refractivity contribution in [2.75, 3.05) is 66.5 Å². The molecule has 2 aliphatic heterocycles. The zero-order chi connectivity index (χ0) is 36.2. The van der Waals surface area contributed by atoms with Gasteiger partial charge in [-0.3, -0.25) is 19.4 Å². The predicted molar refractivity (Wildman–Crippen MR) is 159 cm³/mol. The number of carbonyl (C=O) groups is 8. The van der Waals surface area contributed by atoms with Crippen LogP contribution in [0.15, 0.2) is 0 Å². The molecule has 0 spiro atoms. The second kappa shape index (κ2) is 27.4. The standard InChI is InChI=1S/2C11H18N2O.3C2H2O4/c2*1-3-12(2)8-4-5-9-13-10-6-7-11(13)14;3*3-1(4)2(5)6/h2*3,6-10H2,1-2H3;3*(H,3,4)(H,5,6).